The van der Waals surface area contributed by atoms with E-state index >= 15 is 0 Å². The summed E-state index contributed by atoms with van der Waals surface area (Å²) in [7, 11) is -1.18. The lowest BCUT2D eigenvalue weighted by molar-refractivity contribution is -0.138. The number of carbonyl (C=O) groups is 6. The first-order valence-corrected chi connectivity index (χ1v) is 30.6. The van der Waals surface area contributed by atoms with Crippen LogP contribution in [-0.2, 0) is 49.9 Å². The van der Waals surface area contributed by atoms with Crippen LogP contribution in [0.3, 0.4) is 0 Å². The van der Waals surface area contributed by atoms with Gasteiger partial charge in [-0.3, -0.25) is 38.7 Å². The molecule has 448 valence electrons. The molecule has 0 radical (unpaired) electrons. The van der Waals surface area contributed by atoms with Gasteiger partial charge in [-0.1, -0.05) is 93.2 Å². The van der Waals surface area contributed by atoms with Gasteiger partial charge in [0.15, 0.2) is 11.6 Å². The van der Waals surface area contributed by atoms with Crippen LogP contribution < -0.4 is 10.6 Å². The summed E-state index contributed by atoms with van der Waals surface area (Å²) in [6, 6.07) is 27.0. The van der Waals surface area contributed by atoms with Crippen LogP contribution in [0.4, 0.5) is 8.78 Å². The first-order valence-electron chi connectivity index (χ1n) is 26.2. The Balaban J connectivity index is 0.000000309. The zero-order chi connectivity index (χ0) is 62.5. The Kier molecular flexibility index (Phi) is 28.0. The van der Waals surface area contributed by atoms with Gasteiger partial charge in [0.1, 0.15) is 43.6 Å². The monoisotopic (exact) mass is 1310 g/mol. The molecule has 0 saturated carbocycles. The number of nitrogens with zero attached hydrogens (tertiary/aromatic N) is 6. The highest BCUT2D eigenvalue weighted by atomic mass is 79.9. The number of benzene rings is 4. The Bertz CT molecular complexity index is 3850. The summed E-state index contributed by atoms with van der Waals surface area (Å²) in [5.41, 5.74) is 5.29. The van der Waals surface area contributed by atoms with E-state index < -0.39 is 30.5 Å². The van der Waals surface area contributed by atoms with E-state index in [1.54, 1.807) is 71.2 Å². The van der Waals surface area contributed by atoms with Crippen molar-refractivity contribution in [2.45, 2.75) is 87.2 Å². The topological polar surface area (TPSA) is 186 Å². The van der Waals surface area contributed by atoms with Crippen LogP contribution in [-0.4, -0.2) is 95.9 Å². The number of thiol groups is 1. The predicted molar refractivity (Wildman–Crippen MR) is 343 cm³/mol. The molecule has 0 aliphatic carbocycles. The van der Waals surface area contributed by atoms with Crippen molar-refractivity contribution >= 4 is 115 Å². The number of hydrogen-bond acceptors (Lipinski definition) is 9. The van der Waals surface area contributed by atoms with E-state index in [1.165, 1.54) is 47.9 Å². The second kappa shape index (κ2) is 34.2. The lowest BCUT2D eigenvalue weighted by atomic mass is 10.1. The molecule has 2 N–H and O–H groups in total. The number of hydrogen-bond donors (Lipinski definition) is 3. The highest BCUT2D eigenvalue weighted by molar-refractivity contribution is 9.10. The molecule has 4 aromatic carbocycles. The zero-order valence-electron chi connectivity index (χ0n) is 47.5. The van der Waals surface area contributed by atoms with E-state index in [4.69, 9.17) is 29.6 Å². The van der Waals surface area contributed by atoms with Crippen LogP contribution in [0.1, 0.15) is 97.5 Å². The molecule has 4 heterocycles. The molecule has 1 atom stereocenters. The summed E-state index contributed by atoms with van der Waals surface area (Å²) in [5, 5.41) is 6.69. The lowest BCUT2D eigenvalue weighted by Crippen LogP contribution is -2.45. The number of terminal acetylenes is 1. The number of amides is 4. The first-order chi connectivity index (χ1) is 40.4. The van der Waals surface area contributed by atoms with Crippen LogP contribution in [0.2, 0.25) is 10.0 Å². The highest BCUT2D eigenvalue weighted by Gasteiger charge is 2.25. The van der Waals surface area contributed by atoms with Crippen LogP contribution in [0.15, 0.2) is 139 Å². The predicted octanol–water partition coefficient (Wildman–Crippen LogP) is 12.9. The number of fused-ring (bicyclic) bond motifs is 2. The third kappa shape index (κ3) is 20.9. The summed E-state index contributed by atoms with van der Waals surface area (Å²) in [5.74, 6) is 5.79. The van der Waals surface area contributed by atoms with E-state index in [-0.39, 0.29) is 103 Å². The Hall–Kier alpha value is -8.03. The second-order valence-corrected chi connectivity index (χ2v) is 23.7. The van der Waals surface area contributed by atoms with E-state index in [0.717, 1.165) is 32.1 Å². The minimum Gasteiger partial charge on any atom is -0.350 e. The fourth-order valence-corrected chi connectivity index (χ4v) is 9.01. The Morgan fingerprint density at radius 3 is 1.48 bits per heavy atom. The molecule has 0 spiro atoms. The first kappa shape index (κ1) is 70.5. The molecule has 0 aliphatic rings. The van der Waals surface area contributed by atoms with Crippen molar-refractivity contribution in [2.75, 3.05) is 19.8 Å². The second-order valence-electron chi connectivity index (χ2n) is 19.4. The largest absolute Gasteiger partial charge is 0.404 e. The maximum Gasteiger partial charge on any atom is 0.404 e. The minimum atomic E-state index is -1.18. The van der Waals surface area contributed by atoms with Gasteiger partial charge in [-0.2, -0.15) is 0 Å². The standard InChI is InChI=1S/C31H28ClFN4O3.C24H24BrClFN3O3.C7H5N.CH3OPS.CH4/c1-20(2)37(18-29(39)35-16-24-7-4-8-27(32)31(24)33)30(40)19-36-17-26(21(3)38)25-14-22(11-12-28(25)36)9-10-23-6-5-13-34-15-23;1-14(2)30(12-22(32)28-10-16-5-4-6-20(26)24(16)27)23(33)13-29-11-19(15(3)31)18-9-17(25)7-8-21(18)29;1-2-7-4-3-5-8-6-7;1-3(2)4;/h4-8,11-15,17,20H,16,18-19H2,1-3H3,(H,35,39);4-9,11,14H,10,12-13H2,1-3H3,(H,28,32);1,3-6H;1H3;1H4/p+1. The third-order valence-corrected chi connectivity index (χ3v) is 13.5. The Labute approximate surface area is 524 Å². The smallest absolute Gasteiger partial charge is 0.350 e. The van der Waals surface area contributed by atoms with Gasteiger partial charge in [-0.05, 0) is 114 Å². The minimum absolute atomic E-state index is 0. The maximum atomic E-state index is 14.2. The Morgan fingerprint density at radius 2 is 1.08 bits per heavy atom. The van der Waals surface area contributed by atoms with E-state index in [0.29, 0.717) is 22.0 Å². The summed E-state index contributed by atoms with van der Waals surface area (Å²) in [4.78, 5) is 86.9. The number of ketones is 2. The Morgan fingerprint density at radius 1 is 0.663 bits per heavy atom. The molecule has 1 unspecified atom stereocenters. The molecule has 8 aromatic rings. The van der Waals surface area contributed by atoms with Crippen molar-refractivity contribution in [2.24, 2.45) is 0 Å². The molecule has 86 heavy (non-hydrogen) atoms. The lowest BCUT2D eigenvalue weighted by Gasteiger charge is -2.26. The summed E-state index contributed by atoms with van der Waals surface area (Å²) >= 11 is 18.5. The fraction of sp³-hybridized carbons (Fsp3) is 0.250. The van der Waals surface area contributed by atoms with Gasteiger partial charge in [0.25, 0.3) is 0 Å². The molecular formula is C64H65BrCl2F2N8O7PS+. The summed E-state index contributed by atoms with van der Waals surface area (Å²) < 4.78 is 41.9. The SMILES string of the molecule is C.C#Cc1cccnc1.CC(=O)c1cn(CC(=O)N(CC(=O)NCc2cccc(Cl)c2F)C(C)C)c2ccc(Br)cc12.CC(=O)c1cn(CC(=O)N(CC(=O)NCc2cccc(Cl)c2F)C(C)C)c2ccc(C#Cc3cccnc3)cc12.C[P+](=O)S. The van der Waals surface area contributed by atoms with Gasteiger partial charge >= 0.3 is 7.00 Å². The summed E-state index contributed by atoms with van der Waals surface area (Å²) in [6.07, 6.45) is 15.1. The quantitative estimate of drug-likeness (QED) is 0.0366. The molecular weight excluding hydrogens is 1240 g/mol. The number of halogens is 5. The van der Waals surface area contributed by atoms with Crippen molar-refractivity contribution in [3.63, 3.8) is 0 Å². The van der Waals surface area contributed by atoms with Crippen molar-refractivity contribution in [3.05, 3.63) is 199 Å². The van der Waals surface area contributed by atoms with Crippen molar-refractivity contribution in [1.82, 2.24) is 39.5 Å². The highest BCUT2D eigenvalue weighted by Crippen LogP contribution is 2.27. The third-order valence-electron chi connectivity index (χ3n) is 12.5. The van der Waals surface area contributed by atoms with Gasteiger partial charge in [0, 0.05) is 128 Å². The fourth-order valence-electron chi connectivity index (χ4n) is 8.27. The van der Waals surface area contributed by atoms with E-state index in [2.05, 4.69) is 66.5 Å². The normalized spacial score (nSPS) is 10.5. The van der Waals surface area contributed by atoms with Crippen molar-refractivity contribution < 1.29 is 42.1 Å². The van der Waals surface area contributed by atoms with E-state index in [1.807, 2.05) is 82.3 Å². The number of carbonyl (C=O) groups excluding carboxylic acids is 6. The van der Waals surface area contributed by atoms with Crippen LogP contribution in [0, 0.1) is 35.8 Å². The average molecular weight is 1310 g/mol. The van der Waals surface area contributed by atoms with Gasteiger partial charge in [-0.15, -0.1) is 6.42 Å². The number of Topliss-reactive ketones (excluding diaryl/α,β-unsaturated/α-hetero) is 2. The van der Waals surface area contributed by atoms with Crippen molar-refractivity contribution in [3.8, 4) is 24.2 Å². The summed E-state index contributed by atoms with van der Waals surface area (Å²) in [6.45, 7) is 11.2. The van der Waals surface area contributed by atoms with Gasteiger partial charge in [0.2, 0.25) is 23.6 Å². The zero-order valence-corrected chi connectivity index (χ0v) is 52.4. The van der Waals surface area contributed by atoms with Gasteiger partial charge in [-0.25, -0.2) is 8.78 Å². The molecule has 0 aliphatic heterocycles. The van der Waals surface area contributed by atoms with Crippen LogP contribution in [0.25, 0.3) is 21.8 Å². The van der Waals surface area contributed by atoms with Crippen LogP contribution >= 0.6 is 58.4 Å². The number of aromatic nitrogens is 4. The number of rotatable bonds is 16. The average Bonchev–Trinajstić information content (AvgIpc) is 1.96. The molecule has 0 bridgehead atoms. The molecule has 22 heteroatoms. The van der Waals surface area contributed by atoms with Crippen molar-refractivity contribution in [1.29, 1.82) is 0 Å². The van der Waals surface area contributed by atoms with Gasteiger partial charge < -0.3 is 29.6 Å². The molecule has 4 amide bonds. The number of pyridine rings is 2. The number of nitrogens with one attached hydrogen (secondary N) is 2. The molecule has 15 nitrogen and oxygen atoms in total. The van der Waals surface area contributed by atoms with E-state index in [9.17, 15) is 42.1 Å². The molecule has 8 rings (SSSR count). The maximum absolute atomic E-state index is 14.2. The molecule has 0 fully saturated rings. The molecule has 0 saturated heterocycles. The molecule has 4 aromatic heterocycles. The van der Waals surface area contributed by atoms with Crippen LogP contribution in [0.5, 0.6) is 0 Å². The van der Waals surface area contributed by atoms with Gasteiger partial charge in [0.05, 0.1) is 23.1 Å².